The van der Waals surface area contributed by atoms with Gasteiger partial charge in [-0.05, 0) is 6.92 Å². The van der Waals surface area contributed by atoms with Crippen molar-refractivity contribution in [3.8, 4) is 0 Å². The van der Waals surface area contributed by atoms with Crippen LogP contribution in [0.2, 0.25) is 0 Å². The Morgan fingerprint density at radius 3 is 2.62 bits per heavy atom. The molecule has 2 heterocycles. The highest BCUT2D eigenvalue weighted by molar-refractivity contribution is 5.38. The summed E-state index contributed by atoms with van der Waals surface area (Å²) in [5, 5.41) is 10.4. The number of aromatic amines is 1. The van der Waals surface area contributed by atoms with Crippen LogP contribution in [0.5, 0.6) is 0 Å². The fourth-order valence-electron chi connectivity index (χ4n) is 1.28. The van der Waals surface area contributed by atoms with Crippen molar-refractivity contribution >= 4 is 11.6 Å². The smallest absolute Gasteiger partial charge is 0.292 e. The Balaban J connectivity index is 2.38. The van der Waals surface area contributed by atoms with Gasteiger partial charge >= 0.3 is 0 Å². The molecule has 0 aliphatic rings. The first kappa shape index (κ1) is 10.3. The maximum absolute atomic E-state index is 11.4. The second-order valence-corrected chi connectivity index (χ2v) is 3.47. The molecule has 16 heavy (non-hydrogen) atoms. The largest absolute Gasteiger partial charge is 0.317 e. The van der Waals surface area contributed by atoms with E-state index in [2.05, 4.69) is 20.3 Å². The Hall–Kier alpha value is -2.18. The third-order valence-electron chi connectivity index (χ3n) is 2.37. The summed E-state index contributed by atoms with van der Waals surface area (Å²) in [5.74, 6) is 0.461. The number of nitrogens with zero attached hydrogens (tertiary/aromatic N) is 5. The van der Waals surface area contributed by atoms with Gasteiger partial charge in [0.2, 0.25) is 5.95 Å². The van der Waals surface area contributed by atoms with E-state index in [-0.39, 0.29) is 5.56 Å². The number of hydrogen-bond donors (Lipinski definition) is 1. The highest BCUT2D eigenvalue weighted by atomic mass is 16.1. The van der Waals surface area contributed by atoms with Crippen LogP contribution >= 0.6 is 0 Å². The van der Waals surface area contributed by atoms with Gasteiger partial charge in [-0.25, -0.2) is 4.98 Å². The molecule has 2 aromatic rings. The van der Waals surface area contributed by atoms with Crippen LogP contribution < -0.4 is 5.56 Å². The average Bonchev–Trinajstić information content (AvgIpc) is 2.72. The van der Waals surface area contributed by atoms with Crippen molar-refractivity contribution < 1.29 is 0 Å². The minimum absolute atomic E-state index is 0.252. The Kier molecular flexibility index (Phi) is 2.43. The van der Waals surface area contributed by atoms with Crippen molar-refractivity contribution in [1.82, 2.24) is 19.3 Å². The monoisotopic (exact) mass is 220 g/mol. The molecular formula is C9H12N6O. The van der Waals surface area contributed by atoms with Gasteiger partial charge in [-0.2, -0.15) is 0 Å². The minimum Gasteiger partial charge on any atom is -0.317 e. The van der Waals surface area contributed by atoms with E-state index in [9.17, 15) is 4.79 Å². The van der Waals surface area contributed by atoms with Gasteiger partial charge in [0.1, 0.15) is 0 Å². The summed E-state index contributed by atoms with van der Waals surface area (Å²) in [6, 6.07) is 0. The first-order chi connectivity index (χ1) is 7.59. The van der Waals surface area contributed by atoms with Crippen LogP contribution in [0.1, 0.15) is 5.69 Å². The maximum atomic E-state index is 11.4. The molecule has 2 rings (SSSR count). The Bertz CT molecular complexity index is 587. The van der Waals surface area contributed by atoms with E-state index in [1.54, 1.807) is 35.6 Å². The zero-order valence-corrected chi connectivity index (χ0v) is 9.30. The number of H-pyrrole nitrogens is 1. The maximum Gasteiger partial charge on any atom is 0.292 e. The van der Waals surface area contributed by atoms with Crippen LogP contribution in [0.25, 0.3) is 0 Å². The number of hydrogen-bond acceptors (Lipinski definition) is 4. The standard InChI is InChI=1S/C9H12N6O/c1-6-7(8(16)13-15(6)3)11-12-9-10-4-5-14(9)2/h4-5H,1-3H3,(H,13,16). The lowest BCUT2D eigenvalue weighted by Crippen LogP contribution is -2.01. The fraction of sp³-hybridized carbons (Fsp3) is 0.333. The molecule has 0 spiro atoms. The molecule has 0 aliphatic heterocycles. The number of nitrogens with one attached hydrogen (secondary N) is 1. The number of azo groups is 1. The molecule has 0 saturated heterocycles. The molecular weight excluding hydrogens is 208 g/mol. The van der Waals surface area contributed by atoms with E-state index in [4.69, 9.17) is 0 Å². The molecule has 7 heteroatoms. The van der Waals surface area contributed by atoms with Crippen LogP contribution in [0.3, 0.4) is 0 Å². The molecule has 0 radical (unpaired) electrons. The van der Waals surface area contributed by atoms with E-state index in [1.165, 1.54) is 0 Å². The number of imidazole rings is 1. The van der Waals surface area contributed by atoms with Gasteiger partial charge in [0.15, 0.2) is 5.69 Å². The van der Waals surface area contributed by atoms with Crippen molar-refractivity contribution in [1.29, 1.82) is 0 Å². The molecule has 7 nitrogen and oxygen atoms in total. The Morgan fingerprint density at radius 2 is 2.12 bits per heavy atom. The lowest BCUT2D eigenvalue weighted by Gasteiger charge is -1.93. The molecule has 0 aromatic carbocycles. The topological polar surface area (TPSA) is 80.3 Å². The van der Waals surface area contributed by atoms with Crippen LogP contribution in [0.4, 0.5) is 11.6 Å². The molecule has 0 amide bonds. The van der Waals surface area contributed by atoms with Gasteiger partial charge in [-0.1, -0.05) is 0 Å². The minimum atomic E-state index is -0.252. The van der Waals surface area contributed by atoms with Crippen molar-refractivity contribution in [2.45, 2.75) is 6.92 Å². The molecule has 0 atom stereocenters. The summed E-state index contributed by atoms with van der Waals surface area (Å²) in [6.45, 7) is 1.80. The van der Waals surface area contributed by atoms with Crippen LogP contribution in [-0.2, 0) is 14.1 Å². The first-order valence-electron chi connectivity index (χ1n) is 4.74. The first-order valence-corrected chi connectivity index (χ1v) is 4.74. The Morgan fingerprint density at radius 1 is 1.38 bits per heavy atom. The fourth-order valence-corrected chi connectivity index (χ4v) is 1.28. The third kappa shape index (κ3) is 1.67. The van der Waals surface area contributed by atoms with Gasteiger partial charge in [0.05, 0.1) is 5.69 Å². The van der Waals surface area contributed by atoms with Crippen LogP contribution in [0.15, 0.2) is 27.4 Å². The number of aromatic nitrogens is 4. The molecule has 0 saturated carbocycles. The SMILES string of the molecule is Cc1c(N=Nc2nccn2C)c(=O)[nH]n1C. The summed E-state index contributed by atoms with van der Waals surface area (Å²) in [7, 11) is 3.56. The summed E-state index contributed by atoms with van der Waals surface area (Å²) >= 11 is 0. The molecule has 0 fully saturated rings. The van der Waals surface area contributed by atoms with E-state index >= 15 is 0 Å². The van der Waals surface area contributed by atoms with Crippen molar-refractivity contribution in [3.63, 3.8) is 0 Å². The highest BCUT2D eigenvalue weighted by Gasteiger charge is 2.07. The van der Waals surface area contributed by atoms with Gasteiger partial charge < -0.3 is 4.57 Å². The third-order valence-corrected chi connectivity index (χ3v) is 2.37. The van der Waals surface area contributed by atoms with Gasteiger partial charge in [-0.15, -0.1) is 10.2 Å². The highest BCUT2D eigenvalue weighted by Crippen LogP contribution is 2.15. The van der Waals surface area contributed by atoms with Crippen molar-refractivity contribution in [3.05, 3.63) is 28.4 Å². The zero-order valence-electron chi connectivity index (χ0n) is 9.30. The summed E-state index contributed by atoms with van der Waals surface area (Å²) < 4.78 is 3.32. The van der Waals surface area contributed by atoms with E-state index in [0.29, 0.717) is 11.6 Å². The predicted molar refractivity (Wildman–Crippen MR) is 58.2 cm³/mol. The quantitative estimate of drug-likeness (QED) is 0.771. The summed E-state index contributed by atoms with van der Waals surface area (Å²) in [6.07, 6.45) is 3.38. The molecule has 2 aromatic heterocycles. The lowest BCUT2D eigenvalue weighted by molar-refractivity contribution is 0.731. The van der Waals surface area contributed by atoms with E-state index < -0.39 is 0 Å². The second-order valence-electron chi connectivity index (χ2n) is 3.47. The number of aryl methyl sites for hydroxylation is 2. The Labute approximate surface area is 91.4 Å². The molecule has 84 valence electrons. The summed E-state index contributed by atoms with van der Waals surface area (Å²) in [4.78, 5) is 15.4. The predicted octanol–water partition coefficient (Wildman–Crippen LogP) is 1.17. The van der Waals surface area contributed by atoms with Gasteiger partial charge in [-0.3, -0.25) is 14.6 Å². The van der Waals surface area contributed by atoms with Gasteiger partial charge in [0.25, 0.3) is 5.56 Å². The van der Waals surface area contributed by atoms with Gasteiger partial charge in [0, 0.05) is 26.5 Å². The molecule has 0 bridgehead atoms. The molecule has 1 N–H and O–H groups in total. The number of rotatable bonds is 2. The lowest BCUT2D eigenvalue weighted by atomic mass is 10.4. The van der Waals surface area contributed by atoms with Crippen LogP contribution in [-0.4, -0.2) is 19.3 Å². The van der Waals surface area contributed by atoms with Crippen molar-refractivity contribution in [2.75, 3.05) is 0 Å². The van der Waals surface area contributed by atoms with Crippen molar-refractivity contribution in [2.24, 2.45) is 24.3 Å². The normalized spacial score (nSPS) is 11.4. The second kappa shape index (κ2) is 3.76. The summed E-state index contributed by atoms with van der Waals surface area (Å²) in [5.41, 5.74) is 0.798. The van der Waals surface area contributed by atoms with E-state index in [1.807, 2.05) is 7.05 Å². The van der Waals surface area contributed by atoms with Crippen LogP contribution in [0, 0.1) is 6.92 Å². The molecule has 0 unspecified atom stereocenters. The van der Waals surface area contributed by atoms with E-state index in [0.717, 1.165) is 5.69 Å². The zero-order chi connectivity index (χ0) is 11.7. The average molecular weight is 220 g/mol. The molecule has 0 aliphatic carbocycles.